The Morgan fingerprint density at radius 3 is 2.81 bits per heavy atom. The Bertz CT molecular complexity index is 935. The molecule has 0 spiro atoms. The molecule has 2 aromatic rings. The number of carbonyl (C=O) groups excluding carboxylic acids is 2. The van der Waals surface area contributed by atoms with Gasteiger partial charge in [-0.2, -0.15) is 0 Å². The summed E-state index contributed by atoms with van der Waals surface area (Å²) in [5.74, 6) is -0.543. The van der Waals surface area contributed by atoms with Gasteiger partial charge in [0.05, 0.1) is 5.39 Å². The summed E-state index contributed by atoms with van der Waals surface area (Å²) in [5.41, 5.74) is 0.833. The van der Waals surface area contributed by atoms with Crippen LogP contribution < -0.4 is 5.43 Å². The monoisotopic (exact) mass is 371 g/mol. The molecule has 0 unspecified atom stereocenters. The molecule has 0 radical (unpaired) electrons. The molecule has 144 valence electrons. The van der Waals surface area contributed by atoms with Crippen LogP contribution in [0.5, 0.6) is 0 Å². The first-order chi connectivity index (χ1) is 12.9. The number of pyridine rings is 2. The second-order valence-electron chi connectivity index (χ2n) is 7.15. The molecule has 1 aliphatic heterocycles. The molecular formula is C20H25N3O4. The third-order valence-corrected chi connectivity index (χ3v) is 4.96. The van der Waals surface area contributed by atoms with Crippen molar-refractivity contribution in [1.82, 2.24) is 14.5 Å². The first kappa shape index (κ1) is 19.1. The number of amides is 1. The standard InChI is InChI=1S/C20H25N3O4/c1-4-22-11-16(18(25)15-8-7-14(3)21-19(15)22)20(26)27-12-17(24)23-9-5-6-13(2)10-23/h7-8,11,13H,4-6,9-10,12H2,1-3H3/t13-/m1/s1. The Morgan fingerprint density at radius 2 is 2.11 bits per heavy atom. The van der Waals surface area contributed by atoms with Crippen LogP contribution in [0.4, 0.5) is 0 Å². The number of rotatable bonds is 4. The zero-order valence-corrected chi connectivity index (χ0v) is 16.0. The number of ether oxygens (including phenoxy) is 1. The van der Waals surface area contributed by atoms with Crippen LogP contribution in [0.25, 0.3) is 11.0 Å². The third-order valence-electron chi connectivity index (χ3n) is 4.96. The van der Waals surface area contributed by atoms with E-state index in [0.29, 0.717) is 36.6 Å². The van der Waals surface area contributed by atoms with Gasteiger partial charge >= 0.3 is 5.97 Å². The van der Waals surface area contributed by atoms with E-state index in [1.807, 2.05) is 13.8 Å². The van der Waals surface area contributed by atoms with Gasteiger partial charge in [-0.05, 0) is 44.7 Å². The van der Waals surface area contributed by atoms with Crippen molar-refractivity contribution in [2.45, 2.75) is 40.2 Å². The Balaban J connectivity index is 1.79. The number of nitrogens with zero attached hydrogens (tertiary/aromatic N) is 3. The Morgan fingerprint density at radius 1 is 1.33 bits per heavy atom. The number of esters is 1. The number of aromatic nitrogens is 2. The highest BCUT2D eigenvalue weighted by atomic mass is 16.5. The molecule has 0 bridgehead atoms. The van der Waals surface area contributed by atoms with Gasteiger partial charge in [-0.15, -0.1) is 0 Å². The van der Waals surface area contributed by atoms with Gasteiger partial charge in [0.1, 0.15) is 11.2 Å². The van der Waals surface area contributed by atoms with Crippen LogP contribution in [0.15, 0.2) is 23.1 Å². The molecule has 2 aromatic heterocycles. The maximum absolute atomic E-state index is 12.7. The zero-order valence-electron chi connectivity index (χ0n) is 16.0. The van der Waals surface area contributed by atoms with Crippen LogP contribution in [0.3, 0.4) is 0 Å². The Hall–Kier alpha value is -2.70. The van der Waals surface area contributed by atoms with Gasteiger partial charge in [0.2, 0.25) is 5.43 Å². The molecule has 0 N–H and O–H groups in total. The highest BCUT2D eigenvalue weighted by Crippen LogP contribution is 2.16. The second-order valence-corrected chi connectivity index (χ2v) is 7.15. The summed E-state index contributed by atoms with van der Waals surface area (Å²) in [4.78, 5) is 43.6. The maximum Gasteiger partial charge on any atom is 0.344 e. The predicted octanol–water partition coefficient (Wildman–Crippen LogP) is 2.14. The van der Waals surface area contributed by atoms with Gasteiger partial charge in [-0.1, -0.05) is 6.92 Å². The van der Waals surface area contributed by atoms with Crippen LogP contribution >= 0.6 is 0 Å². The maximum atomic E-state index is 12.7. The lowest BCUT2D eigenvalue weighted by molar-refractivity contribution is -0.136. The molecule has 1 amide bonds. The molecule has 0 aromatic carbocycles. The first-order valence-corrected chi connectivity index (χ1v) is 9.36. The highest BCUT2D eigenvalue weighted by molar-refractivity contribution is 5.94. The second kappa shape index (κ2) is 7.90. The van der Waals surface area contributed by atoms with Crippen molar-refractivity contribution >= 4 is 22.9 Å². The third kappa shape index (κ3) is 4.02. The fraction of sp³-hybridized carbons (Fsp3) is 0.500. The van der Waals surface area contributed by atoms with Gasteiger partial charge in [0.15, 0.2) is 6.61 Å². The molecule has 1 fully saturated rings. The molecule has 27 heavy (non-hydrogen) atoms. The number of hydrogen-bond acceptors (Lipinski definition) is 5. The zero-order chi connectivity index (χ0) is 19.6. The molecule has 0 saturated carbocycles. The smallest absolute Gasteiger partial charge is 0.344 e. The molecular weight excluding hydrogens is 346 g/mol. The predicted molar refractivity (Wildman–Crippen MR) is 102 cm³/mol. The minimum Gasteiger partial charge on any atom is -0.452 e. The van der Waals surface area contributed by atoms with Crippen molar-refractivity contribution in [2.75, 3.05) is 19.7 Å². The molecule has 1 saturated heterocycles. The van der Waals surface area contributed by atoms with Crippen molar-refractivity contribution in [3.8, 4) is 0 Å². The first-order valence-electron chi connectivity index (χ1n) is 9.36. The molecule has 7 heteroatoms. The summed E-state index contributed by atoms with van der Waals surface area (Å²) >= 11 is 0. The van der Waals surface area contributed by atoms with Crippen molar-refractivity contribution < 1.29 is 14.3 Å². The van der Waals surface area contributed by atoms with Crippen LogP contribution in [0.2, 0.25) is 0 Å². The summed E-state index contributed by atoms with van der Waals surface area (Å²) in [6.45, 7) is 7.43. The summed E-state index contributed by atoms with van der Waals surface area (Å²) < 4.78 is 6.91. The number of hydrogen-bond donors (Lipinski definition) is 0. The molecule has 0 aliphatic carbocycles. The normalized spacial score (nSPS) is 17.1. The van der Waals surface area contributed by atoms with Gasteiger partial charge < -0.3 is 14.2 Å². The lowest BCUT2D eigenvalue weighted by Crippen LogP contribution is -2.41. The lowest BCUT2D eigenvalue weighted by atomic mass is 10.0. The van der Waals surface area contributed by atoms with Gasteiger partial charge in [-0.25, -0.2) is 9.78 Å². The van der Waals surface area contributed by atoms with Crippen molar-refractivity contribution in [3.63, 3.8) is 0 Å². The summed E-state index contributed by atoms with van der Waals surface area (Å²) in [6.07, 6.45) is 3.52. The SMILES string of the molecule is CCn1cc(C(=O)OCC(=O)N2CCC[C@@H](C)C2)c(=O)c2ccc(C)nc21. The van der Waals surface area contributed by atoms with Crippen molar-refractivity contribution in [2.24, 2.45) is 5.92 Å². The molecule has 7 nitrogen and oxygen atoms in total. The number of likely N-dealkylation sites (tertiary alicyclic amines) is 1. The fourth-order valence-electron chi connectivity index (χ4n) is 3.46. The van der Waals surface area contributed by atoms with E-state index < -0.39 is 11.4 Å². The number of fused-ring (bicyclic) bond motifs is 1. The molecule has 3 rings (SSSR count). The number of aryl methyl sites for hydroxylation is 2. The molecule has 3 heterocycles. The highest BCUT2D eigenvalue weighted by Gasteiger charge is 2.23. The van der Waals surface area contributed by atoms with Crippen LogP contribution in [0.1, 0.15) is 42.7 Å². The van der Waals surface area contributed by atoms with E-state index in [4.69, 9.17) is 4.74 Å². The van der Waals surface area contributed by atoms with Gasteiger partial charge in [0.25, 0.3) is 5.91 Å². The van der Waals surface area contributed by atoms with E-state index >= 15 is 0 Å². The lowest BCUT2D eigenvalue weighted by Gasteiger charge is -2.30. The number of carbonyl (C=O) groups is 2. The quantitative estimate of drug-likeness (QED) is 0.769. The van der Waals surface area contributed by atoms with E-state index in [1.54, 1.807) is 21.6 Å². The Labute approximate surface area is 157 Å². The average molecular weight is 371 g/mol. The van der Waals surface area contributed by atoms with Gasteiger partial charge in [0, 0.05) is 31.5 Å². The van der Waals surface area contributed by atoms with E-state index in [0.717, 1.165) is 18.5 Å². The van der Waals surface area contributed by atoms with Crippen LogP contribution in [-0.2, 0) is 16.1 Å². The average Bonchev–Trinajstić information content (AvgIpc) is 2.66. The summed E-state index contributed by atoms with van der Waals surface area (Å²) in [5, 5.41) is 0.369. The topological polar surface area (TPSA) is 81.5 Å². The minimum atomic E-state index is -0.775. The van der Waals surface area contributed by atoms with Crippen molar-refractivity contribution in [1.29, 1.82) is 0 Å². The Kier molecular flexibility index (Phi) is 5.58. The fourth-order valence-corrected chi connectivity index (χ4v) is 3.46. The van der Waals surface area contributed by atoms with E-state index in [-0.39, 0.29) is 18.1 Å². The largest absolute Gasteiger partial charge is 0.452 e. The summed E-state index contributed by atoms with van der Waals surface area (Å²) in [6, 6.07) is 3.41. The summed E-state index contributed by atoms with van der Waals surface area (Å²) in [7, 11) is 0. The van der Waals surface area contributed by atoms with E-state index in [9.17, 15) is 14.4 Å². The van der Waals surface area contributed by atoms with E-state index in [1.165, 1.54) is 6.20 Å². The number of piperidine rings is 1. The van der Waals surface area contributed by atoms with E-state index in [2.05, 4.69) is 11.9 Å². The molecule has 1 atom stereocenters. The van der Waals surface area contributed by atoms with Crippen LogP contribution in [-0.4, -0.2) is 46.0 Å². The minimum absolute atomic E-state index is 0.0742. The molecule has 1 aliphatic rings. The van der Waals surface area contributed by atoms with Gasteiger partial charge in [-0.3, -0.25) is 9.59 Å². The van der Waals surface area contributed by atoms with Crippen molar-refractivity contribution in [3.05, 3.63) is 39.8 Å². The van der Waals surface area contributed by atoms with Crippen LogP contribution in [0, 0.1) is 12.8 Å².